The van der Waals surface area contributed by atoms with E-state index in [0.717, 1.165) is 22.7 Å². The average Bonchev–Trinajstić information content (AvgIpc) is 3.32. The molecule has 2 aromatic rings. The molecule has 1 atom stereocenters. The van der Waals surface area contributed by atoms with Gasteiger partial charge in [0.15, 0.2) is 5.78 Å². The monoisotopic (exact) mass is 415 g/mol. The lowest BCUT2D eigenvalue weighted by Crippen LogP contribution is -2.44. The third-order valence-corrected chi connectivity index (χ3v) is 6.50. The molecule has 0 spiro atoms. The Morgan fingerprint density at radius 1 is 1.28 bits per heavy atom. The summed E-state index contributed by atoms with van der Waals surface area (Å²) in [6.07, 6.45) is 1.39. The van der Waals surface area contributed by atoms with Crippen LogP contribution in [0.3, 0.4) is 0 Å². The largest absolute Gasteiger partial charge is 0.343 e. The second-order valence-electron chi connectivity index (χ2n) is 8.46. The Balaban J connectivity index is 1.75. The summed E-state index contributed by atoms with van der Waals surface area (Å²) in [5, 5.41) is 4.82. The predicted octanol–water partition coefficient (Wildman–Crippen LogP) is 4.14. The fourth-order valence-corrected chi connectivity index (χ4v) is 4.44. The quantitative estimate of drug-likeness (QED) is 0.520. The number of ketones is 1. The van der Waals surface area contributed by atoms with Crippen molar-refractivity contribution in [2.75, 3.05) is 6.54 Å². The lowest BCUT2D eigenvalue weighted by molar-refractivity contribution is -0.130. The Morgan fingerprint density at radius 2 is 2.00 bits per heavy atom. The van der Waals surface area contributed by atoms with E-state index >= 15 is 0 Å². The molecule has 1 aliphatic rings. The number of urea groups is 1. The molecular weight excluding hydrogens is 386 g/mol. The smallest absolute Gasteiger partial charge is 0.325 e. The SMILES string of the molecule is Cc1cc(C(=O)CN2C(=O)N[C@](C)(CCC(C)C)C2=O)c(C)n1Cc1cccs1. The first-order valence-corrected chi connectivity index (χ1v) is 10.9. The summed E-state index contributed by atoms with van der Waals surface area (Å²) in [7, 11) is 0. The molecule has 29 heavy (non-hydrogen) atoms. The number of carbonyl (C=O) groups excluding carboxylic acids is 3. The van der Waals surface area contributed by atoms with Crippen molar-refractivity contribution in [2.45, 2.75) is 59.5 Å². The normalized spacial score (nSPS) is 19.3. The van der Waals surface area contributed by atoms with Gasteiger partial charge in [-0.05, 0) is 57.0 Å². The summed E-state index contributed by atoms with van der Waals surface area (Å²) in [6, 6.07) is 5.44. The fourth-order valence-electron chi connectivity index (χ4n) is 3.75. The van der Waals surface area contributed by atoms with Gasteiger partial charge in [0.05, 0.1) is 13.1 Å². The zero-order chi connectivity index (χ0) is 21.3. The topological polar surface area (TPSA) is 71.4 Å². The summed E-state index contributed by atoms with van der Waals surface area (Å²) < 4.78 is 2.09. The summed E-state index contributed by atoms with van der Waals surface area (Å²) in [5.74, 6) is -0.100. The molecule has 3 heterocycles. The summed E-state index contributed by atoms with van der Waals surface area (Å²) >= 11 is 1.67. The lowest BCUT2D eigenvalue weighted by atomic mass is 9.92. The van der Waals surface area contributed by atoms with E-state index in [9.17, 15) is 14.4 Å². The number of Topliss-reactive ketones (excluding diaryl/α,β-unsaturated/α-hetero) is 1. The lowest BCUT2D eigenvalue weighted by Gasteiger charge is -2.22. The third kappa shape index (κ3) is 4.29. The Hall–Kier alpha value is -2.41. The predicted molar refractivity (Wildman–Crippen MR) is 114 cm³/mol. The van der Waals surface area contributed by atoms with Crippen molar-refractivity contribution in [1.29, 1.82) is 0 Å². The van der Waals surface area contributed by atoms with Gasteiger partial charge in [0.1, 0.15) is 5.54 Å². The van der Waals surface area contributed by atoms with Crippen molar-refractivity contribution in [2.24, 2.45) is 5.92 Å². The Labute approximate surface area is 175 Å². The van der Waals surface area contributed by atoms with E-state index in [1.807, 2.05) is 31.4 Å². The van der Waals surface area contributed by atoms with E-state index in [-0.39, 0.29) is 18.2 Å². The van der Waals surface area contributed by atoms with Gasteiger partial charge in [0.2, 0.25) is 0 Å². The first-order valence-electron chi connectivity index (χ1n) is 9.99. The van der Waals surface area contributed by atoms with Gasteiger partial charge in [-0.1, -0.05) is 19.9 Å². The van der Waals surface area contributed by atoms with Crippen molar-refractivity contribution in [3.05, 3.63) is 45.4 Å². The number of carbonyl (C=O) groups is 3. The van der Waals surface area contributed by atoms with Gasteiger partial charge in [-0.25, -0.2) is 4.79 Å². The molecular formula is C22H29N3O3S. The van der Waals surface area contributed by atoms with Crippen LogP contribution in [0.1, 0.15) is 60.2 Å². The molecule has 0 aromatic carbocycles. The van der Waals surface area contributed by atoms with Crippen LogP contribution in [0, 0.1) is 19.8 Å². The number of thiophene rings is 1. The van der Waals surface area contributed by atoms with Crippen molar-refractivity contribution < 1.29 is 14.4 Å². The second kappa shape index (κ2) is 8.14. The minimum Gasteiger partial charge on any atom is -0.343 e. The van der Waals surface area contributed by atoms with Gasteiger partial charge in [-0.2, -0.15) is 0 Å². The fraction of sp³-hybridized carbons (Fsp3) is 0.500. The Bertz CT molecular complexity index is 930. The van der Waals surface area contributed by atoms with Gasteiger partial charge in [0.25, 0.3) is 5.91 Å². The number of hydrogen-bond acceptors (Lipinski definition) is 4. The molecule has 3 rings (SSSR count). The summed E-state index contributed by atoms with van der Waals surface area (Å²) in [5.41, 5.74) is 1.47. The molecule has 1 saturated heterocycles. The first-order chi connectivity index (χ1) is 13.6. The van der Waals surface area contributed by atoms with E-state index in [1.54, 1.807) is 18.3 Å². The van der Waals surface area contributed by atoms with Gasteiger partial charge in [0, 0.05) is 21.8 Å². The van der Waals surface area contributed by atoms with E-state index < -0.39 is 11.6 Å². The van der Waals surface area contributed by atoms with E-state index in [4.69, 9.17) is 0 Å². The third-order valence-electron chi connectivity index (χ3n) is 5.64. The molecule has 156 valence electrons. The van der Waals surface area contributed by atoms with Gasteiger partial charge >= 0.3 is 6.03 Å². The first kappa shape index (κ1) is 21.3. The maximum absolute atomic E-state index is 13.0. The highest BCUT2D eigenvalue weighted by atomic mass is 32.1. The molecule has 0 unspecified atom stereocenters. The highest BCUT2D eigenvalue weighted by Crippen LogP contribution is 2.26. The van der Waals surface area contributed by atoms with Crippen LogP contribution in [-0.2, 0) is 11.3 Å². The molecule has 3 amide bonds. The maximum atomic E-state index is 13.0. The van der Waals surface area contributed by atoms with Crippen molar-refractivity contribution >= 4 is 29.1 Å². The number of rotatable bonds is 8. The molecule has 1 aliphatic heterocycles. The number of amides is 3. The number of nitrogens with one attached hydrogen (secondary N) is 1. The van der Waals surface area contributed by atoms with Crippen LogP contribution in [0.5, 0.6) is 0 Å². The van der Waals surface area contributed by atoms with Crippen LogP contribution in [0.25, 0.3) is 0 Å². The Kier molecular flexibility index (Phi) is 5.98. The number of nitrogens with zero attached hydrogens (tertiary/aromatic N) is 2. The van der Waals surface area contributed by atoms with Gasteiger partial charge in [-0.15, -0.1) is 11.3 Å². The zero-order valence-electron chi connectivity index (χ0n) is 17.7. The average molecular weight is 416 g/mol. The summed E-state index contributed by atoms with van der Waals surface area (Å²) in [4.78, 5) is 40.5. The van der Waals surface area contributed by atoms with E-state index in [0.29, 0.717) is 24.4 Å². The molecule has 2 aromatic heterocycles. The number of aryl methyl sites for hydroxylation is 1. The highest BCUT2D eigenvalue weighted by Gasteiger charge is 2.48. The minimum absolute atomic E-state index is 0.216. The molecule has 0 saturated carbocycles. The maximum Gasteiger partial charge on any atom is 0.325 e. The molecule has 0 aliphatic carbocycles. The molecule has 1 N–H and O–H groups in total. The van der Waals surface area contributed by atoms with Crippen LogP contribution in [-0.4, -0.2) is 39.3 Å². The molecule has 0 radical (unpaired) electrons. The molecule has 1 fully saturated rings. The van der Waals surface area contributed by atoms with Gasteiger partial charge < -0.3 is 9.88 Å². The van der Waals surface area contributed by atoms with Gasteiger partial charge in [-0.3, -0.25) is 14.5 Å². The Morgan fingerprint density at radius 3 is 2.62 bits per heavy atom. The molecule has 6 nitrogen and oxygen atoms in total. The van der Waals surface area contributed by atoms with Crippen LogP contribution in [0.15, 0.2) is 23.6 Å². The summed E-state index contributed by atoms with van der Waals surface area (Å²) in [6.45, 7) is 10.3. The number of aromatic nitrogens is 1. The van der Waals surface area contributed by atoms with E-state index in [2.05, 4.69) is 29.8 Å². The van der Waals surface area contributed by atoms with Crippen LogP contribution < -0.4 is 5.32 Å². The van der Waals surface area contributed by atoms with E-state index in [1.165, 1.54) is 4.88 Å². The number of imide groups is 1. The van der Waals surface area contributed by atoms with Crippen LogP contribution in [0.4, 0.5) is 4.79 Å². The molecule has 0 bridgehead atoms. The van der Waals surface area contributed by atoms with Crippen molar-refractivity contribution in [1.82, 2.24) is 14.8 Å². The zero-order valence-corrected chi connectivity index (χ0v) is 18.6. The standard InChI is InChI=1S/C22H29N3O3S/c1-14(2)8-9-22(5)20(27)25(21(28)23-22)13-19(26)18-11-15(3)24(16(18)4)12-17-7-6-10-29-17/h6-7,10-11,14H,8-9,12-13H2,1-5H3,(H,23,28)/t22-/m1/s1. The minimum atomic E-state index is -0.933. The molecule has 7 heteroatoms. The van der Waals surface area contributed by atoms with Crippen molar-refractivity contribution in [3.8, 4) is 0 Å². The van der Waals surface area contributed by atoms with Crippen molar-refractivity contribution in [3.63, 3.8) is 0 Å². The second-order valence-corrected chi connectivity index (χ2v) is 9.49. The van der Waals surface area contributed by atoms with Crippen LogP contribution >= 0.6 is 11.3 Å². The number of hydrogen-bond donors (Lipinski definition) is 1. The van der Waals surface area contributed by atoms with Crippen LogP contribution in [0.2, 0.25) is 0 Å². The highest BCUT2D eigenvalue weighted by molar-refractivity contribution is 7.09.